The Morgan fingerprint density at radius 3 is 2.52 bits per heavy atom. The van der Waals surface area contributed by atoms with E-state index in [0.717, 1.165) is 5.56 Å². The number of esters is 1. The zero-order valence-electron chi connectivity index (χ0n) is 16.0. The second-order valence-corrected chi connectivity index (χ2v) is 8.24. The average Bonchev–Trinajstić information content (AvgIpc) is 2.90. The van der Waals surface area contributed by atoms with Gasteiger partial charge in [0.1, 0.15) is 0 Å². The van der Waals surface area contributed by atoms with E-state index in [2.05, 4.69) is 6.58 Å². The first-order valence-corrected chi connectivity index (χ1v) is 9.80. The van der Waals surface area contributed by atoms with Crippen LogP contribution in [0.1, 0.15) is 26.3 Å². The van der Waals surface area contributed by atoms with E-state index in [1.807, 2.05) is 20.8 Å². The molecule has 1 heterocycles. The summed E-state index contributed by atoms with van der Waals surface area (Å²) in [5.74, 6) is -0.980. The molecule has 0 spiro atoms. The van der Waals surface area contributed by atoms with Gasteiger partial charge in [-0.25, -0.2) is 0 Å². The number of carbonyl (C=O) groups excluding carboxylic acids is 1. The Kier molecular flexibility index (Phi) is 8.77. The second-order valence-electron chi connectivity index (χ2n) is 6.63. The van der Waals surface area contributed by atoms with Gasteiger partial charge in [0.05, 0.1) is 17.1 Å². The van der Waals surface area contributed by atoms with Crippen molar-refractivity contribution in [3.05, 3.63) is 49.1 Å². The molecule has 2 rings (SSSR count). The Morgan fingerprint density at radius 1 is 1.41 bits per heavy atom. The molecule has 1 aliphatic rings. The first kappa shape index (κ1) is 24.4. The molecule has 1 saturated heterocycles. The van der Waals surface area contributed by atoms with E-state index in [1.54, 1.807) is 18.2 Å². The molecule has 0 radical (unpaired) electrons. The van der Waals surface area contributed by atoms with Crippen LogP contribution in [0.2, 0.25) is 0 Å². The summed E-state index contributed by atoms with van der Waals surface area (Å²) >= 11 is 0. The van der Waals surface area contributed by atoms with Gasteiger partial charge in [-0.05, 0) is 25.0 Å². The molecule has 148 valence electrons. The number of aryl methyl sites for hydroxylation is 1. The number of hydrogen-bond acceptors (Lipinski definition) is 6. The number of benzene rings is 1. The second kappa shape index (κ2) is 9.71. The normalized spacial score (nSPS) is 26.1. The first-order valence-electron chi connectivity index (χ1n) is 8.39. The minimum atomic E-state index is -3.94. The van der Waals surface area contributed by atoms with Crippen molar-refractivity contribution in [2.45, 2.75) is 44.3 Å². The molecule has 0 amide bonds. The fraction of sp³-hybridized carbons (Fsp3) is 0.474. The average molecular weight is 619 g/mol. The van der Waals surface area contributed by atoms with E-state index in [1.165, 1.54) is 25.7 Å². The van der Waals surface area contributed by atoms with Gasteiger partial charge in [0, 0.05) is 50.1 Å². The van der Waals surface area contributed by atoms with E-state index in [4.69, 9.17) is 13.7 Å². The van der Waals surface area contributed by atoms with Crippen molar-refractivity contribution in [2.75, 3.05) is 6.61 Å². The van der Waals surface area contributed by atoms with E-state index in [0.29, 0.717) is 0 Å². The SMILES string of the molecule is C=C[C@H](C)[C@@]1(COS(=O)(=O)c2ccc(C)cc2)O[CH-][C@H](OC(C)=O)[C@@H]1C.[U]. The summed E-state index contributed by atoms with van der Waals surface area (Å²) in [5.41, 5.74) is -0.0492. The Bertz CT molecular complexity index is 761. The number of carbonyl (C=O) groups is 1. The molecule has 1 fully saturated rings. The van der Waals surface area contributed by atoms with Crippen molar-refractivity contribution in [3.8, 4) is 0 Å². The summed E-state index contributed by atoms with van der Waals surface area (Å²) in [6, 6.07) is 6.41. The van der Waals surface area contributed by atoms with Crippen LogP contribution in [0.25, 0.3) is 0 Å². The third-order valence-corrected chi connectivity index (χ3v) is 6.14. The van der Waals surface area contributed by atoms with Crippen LogP contribution in [0.3, 0.4) is 0 Å². The van der Waals surface area contributed by atoms with Crippen LogP contribution in [-0.2, 0) is 28.6 Å². The van der Waals surface area contributed by atoms with Crippen molar-refractivity contribution in [1.29, 1.82) is 0 Å². The summed E-state index contributed by atoms with van der Waals surface area (Å²) in [5, 5.41) is 0. The van der Waals surface area contributed by atoms with E-state index in [-0.39, 0.29) is 54.5 Å². The van der Waals surface area contributed by atoms with Crippen LogP contribution < -0.4 is 0 Å². The monoisotopic (exact) mass is 619 g/mol. The molecule has 1 aromatic rings. The van der Waals surface area contributed by atoms with Crippen molar-refractivity contribution < 1.29 is 58.0 Å². The van der Waals surface area contributed by atoms with E-state index >= 15 is 0 Å². The zero-order chi connectivity index (χ0) is 19.5. The fourth-order valence-electron chi connectivity index (χ4n) is 2.98. The van der Waals surface area contributed by atoms with Crippen molar-refractivity contribution in [1.82, 2.24) is 0 Å². The zero-order valence-corrected chi connectivity index (χ0v) is 20.9. The third-order valence-electron chi connectivity index (χ3n) is 4.86. The predicted octanol–water partition coefficient (Wildman–Crippen LogP) is 3.02. The summed E-state index contributed by atoms with van der Waals surface area (Å²) < 4.78 is 41.4. The van der Waals surface area contributed by atoms with Gasteiger partial charge in [-0.2, -0.15) is 15.0 Å². The summed E-state index contributed by atoms with van der Waals surface area (Å²) in [6.45, 7) is 11.9. The Morgan fingerprint density at radius 2 is 2.00 bits per heavy atom. The molecular formula is C19H25O6SU-. The molecule has 0 saturated carbocycles. The van der Waals surface area contributed by atoms with Gasteiger partial charge in [0.15, 0.2) is 0 Å². The maximum atomic E-state index is 12.5. The molecule has 0 N–H and O–H groups in total. The molecule has 0 aliphatic carbocycles. The molecule has 27 heavy (non-hydrogen) atoms. The van der Waals surface area contributed by atoms with Crippen LogP contribution in [0.5, 0.6) is 0 Å². The molecule has 8 heteroatoms. The molecule has 1 aromatic carbocycles. The quantitative estimate of drug-likeness (QED) is 0.202. The summed E-state index contributed by atoms with van der Waals surface area (Å²) in [6.07, 6.45) is 1.09. The third kappa shape index (κ3) is 5.45. The van der Waals surface area contributed by atoms with E-state index < -0.39 is 27.8 Å². The van der Waals surface area contributed by atoms with Crippen LogP contribution in [-0.4, -0.2) is 32.7 Å². The summed E-state index contributed by atoms with van der Waals surface area (Å²) in [7, 11) is -3.94. The van der Waals surface area contributed by atoms with Gasteiger partial charge in [0.25, 0.3) is 16.1 Å². The predicted molar refractivity (Wildman–Crippen MR) is 96.5 cm³/mol. The van der Waals surface area contributed by atoms with Crippen molar-refractivity contribution in [2.24, 2.45) is 11.8 Å². The smallest absolute Gasteiger partial charge is 0.300 e. The maximum absolute atomic E-state index is 12.5. The summed E-state index contributed by atoms with van der Waals surface area (Å²) in [4.78, 5) is 11.4. The van der Waals surface area contributed by atoms with Gasteiger partial charge in [0.2, 0.25) is 0 Å². The van der Waals surface area contributed by atoms with Crippen molar-refractivity contribution >= 4 is 16.1 Å². The van der Waals surface area contributed by atoms with Gasteiger partial charge in [-0.1, -0.05) is 37.6 Å². The molecule has 4 atom stereocenters. The molecular weight excluding hydrogens is 594 g/mol. The largest absolute Gasteiger partial charge is 0.542 e. The van der Waals surface area contributed by atoms with Gasteiger partial charge in [-0.15, -0.1) is 6.58 Å². The molecule has 1 aliphatic heterocycles. The van der Waals surface area contributed by atoms with Crippen molar-refractivity contribution in [3.63, 3.8) is 0 Å². The Hall–Kier alpha value is -0.648. The first-order chi connectivity index (χ1) is 12.1. The van der Waals surface area contributed by atoms with Crippen LogP contribution >= 0.6 is 0 Å². The van der Waals surface area contributed by atoms with E-state index in [9.17, 15) is 13.2 Å². The van der Waals surface area contributed by atoms with Gasteiger partial charge >= 0.3 is 0 Å². The van der Waals surface area contributed by atoms with Gasteiger partial charge in [-0.3, -0.25) is 8.98 Å². The minimum absolute atomic E-state index is 0. The molecule has 0 aromatic heterocycles. The van der Waals surface area contributed by atoms with Crippen LogP contribution in [0, 0.1) is 56.5 Å². The van der Waals surface area contributed by atoms with Gasteiger partial charge < -0.3 is 9.47 Å². The standard InChI is InChI=1S/C19H25O6S.U/c1-6-14(3)19(15(4)18(11-23-19)25-16(5)20)12-24-26(21,22)17-9-7-13(2)8-10-17;/h6-11,14-15,18H,1,12H2,2-5H3;/q-1;/t14-,15-,18-,19+;/m0./s1. The molecule has 0 bridgehead atoms. The number of rotatable bonds is 7. The molecule has 0 unspecified atom stereocenters. The fourth-order valence-corrected chi connectivity index (χ4v) is 3.92. The maximum Gasteiger partial charge on any atom is 0.300 e. The topological polar surface area (TPSA) is 78.9 Å². The minimum Gasteiger partial charge on any atom is -0.542 e. The molecule has 6 nitrogen and oxygen atoms in total. The van der Waals surface area contributed by atoms with Crippen LogP contribution in [0.15, 0.2) is 41.8 Å². The number of ether oxygens (including phenoxy) is 2. The number of hydrogen-bond donors (Lipinski definition) is 0. The van der Waals surface area contributed by atoms with Crippen LogP contribution in [0.4, 0.5) is 0 Å². The Labute approximate surface area is 185 Å². The Balaban J connectivity index is 0.00000364.